The summed E-state index contributed by atoms with van der Waals surface area (Å²) in [5, 5.41) is 3.42. The van der Waals surface area contributed by atoms with Crippen LogP contribution in [-0.2, 0) is 9.95 Å². The van der Waals surface area contributed by atoms with Crippen molar-refractivity contribution in [3.63, 3.8) is 0 Å². The van der Waals surface area contributed by atoms with Gasteiger partial charge in [-0.1, -0.05) is 35.5 Å². The number of hydrogen-bond donors (Lipinski definition) is 1. The number of aryl methyl sites for hydroxylation is 1. The van der Waals surface area contributed by atoms with Crippen molar-refractivity contribution in [3.05, 3.63) is 60.0 Å². The van der Waals surface area contributed by atoms with Crippen LogP contribution in [0.2, 0.25) is 0 Å². The minimum Gasteiger partial charge on any atom is -0.333 e. The molecule has 5 nitrogen and oxygen atoms in total. The maximum absolute atomic E-state index is 13.0. The Bertz CT molecular complexity index is 971. The standard InChI is InChI=1S/C17H15ClF2N3O2P/c1-11-5-3-4-6-14(11)23-26(2,24)13-9-7-12(8-10-13)15-21-16(25-22-15)17(18,19)20/h3-10H,1-2H3,(H,23,24). The fraction of sp³-hybridized carbons (Fsp3) is 0.176. The molecule has 9 heteroatoms. The van der Waals surface area contributed by atoms with Crippen LogP contribution in [0.25, 0.3) is 11.4 Å². The molecule has 26 heavy (non-hydrogen) atoms. The van der Waals surface area contributed by atoms with E-state index < -0.39 is 18.6 Å². The highest BCUT2D eigenvalue weighted by atomic mass is 35.5. The number of alkyl halides is 3. The van der Waals surface area contributed by atoms with Gasteiger partial charge >= 0.3 is 11.3 Å². The quantitative estimate of drug-likeness (QED) is 0.486. The molecule has 0 spiro atoms. The van der Waals surface area contributed by atoms with E-state index in [1.165, 1.54) is 0 Å². The first kappa shape index (κ1) is 18.5. The molecule has 0 fully saturated rings. The van der Waals surface area contributed by atoms with Gasteiger partial charge in [-0.3, -0.25) is 4.57 Å². The van der Waals surface area contributed by atoms with Crippen molar-refractivity contribution >= 4 is 29.9 Å². The Hall–Kier alpha value is -2.24. The summed E-state index contributed by atoms with van der Waals surface area (Å²) in [4.78, 5) is 3.58. The third-order valence-corrected chi connectivity index (χ3v) is 5.88. The summed E-state index contributed by atoms with van der Waals surface area (Å²) < 4.78 is 43.4. The number of nitrogens with zero attached hydrogens (tertiary/aromatic N) is 2. The fourth-order valence-electron chi connectivity index (χ4n) is 2.34. The molecule has 0 bridgehead atoms. The number of hydrogen-bond acceptors (Lipinski definition) is 4. The zero-order valence-electron chi connectivity index (χ0n) is 13.9. The average Bonchev–Trinajstić information content (AvgIpc) is 3.07. The lowest BCUT2D eigenvalue weighted by Gasteiger charge is -2.18. The van der Waals surface area contributed by atoms with Gasteiger partial charge in [0.2, 0.25) is 5.82 Å². The molecule has 1 N–H and O–H groups in total. The minimum atomic E-state index is -3.72. The van der Waals surface area contributed by atoms with Crippen LogP contribution in [0.1, 0.15) is 11.5 Å². The van der Waals surface area contributed by atoms with E-state index in [0.29, 0.717) is 10.9 Å². The molecule has 0 aliphatic rings. The molecule has 0 saturated heterocycles. The molecule has 2 aromatic carbocycles. The van der Waals surface area contributed by atoms with Gasteiger partial charge in [-0.05, 0) is 42.3 Å². The van der Waals surface area contributed by atoms with E-state index in [2.05, 4.69) is 19.8 Å². The maximum Gasteiger partial charge on any atom is 0.400 e. The SMILES string of the molecule is Cc1ccccc1NP(C)(=O)c1ccc(-c2noc(C(F)(F)Cl)n2)cc1. The van der Waals surface area contributed by atoms with Crippen LogP contribution in [0.4, 0.5) is 14.5 Å². The van der Waals surface area contributed by atoms with Crippen LogP contribution in [0, 0.1) is 6.92 Å². The third kappa shape index (κ3) is 3.94. The van der Waals surface area contributed by atoms with E-state index in [-0.39, 0.29) is 5.82 Å². The Balaban J connectivity index is 1.84. The van der Waals surface area contributed by atoms with Crippen LogP contribution in [0.5, 0.6) is 0 Å². The second-order valence-corrected chi connectivity index (χ2v) is 8.88. The number of aromatic nitrogens is 2. The second kappa shape index (κ2) is 6.82. The van der Waals surface area contributed by atoms with Crippen LogP contribution in [0.15, 0.2) is 53.1 Å². The summed E-state index contributed by atoms with van der Waals surface area (Å²) >= 11 is 4.86. The van der Waals surface area contributed by atoms with Gasteiger partial charge in [-0.25, -0.2) is 0 Å². The van der Waals surface area contributed by atoms with E-state index in [1.807, 2.05) is 31.2 Å². The molecule has 1 aromatic heterocycles. The lowest BCUT2D eigenvalue weighted by Crippen LogP contribution is -2.11. The Morgan fingerprint density at radius 1 is 1.15 bits per heavy atom. The molecular weight excluding hydrogens is 383 g/mol. The summed E-state index contributed by atoms with van der Waals surface area (Å²) in [6.45, 7) is 3.54. The van der Waals surface area contributed by atoms with Crippen molar-refractivity contribution < 1.29 is 17.9 Å². The lowest BCUT2D eigenvalue weighted by atomic mass is 10.2. The number of halogens is 3. The van der Waals surface area contributed by atoms with Crippen molar-refractivity contribution in [1.29, 1.82) is 0 Å². The molecule has 0 saturated carbocycles. The van der Waals surface area contributed by atoms with Crippen molar-refractivity contribution in [1.82, 2.24) is 10.1 Å². The Labute approximate surface area is 153 Å². The van der Waals surface area contributed by atoms with Gasteiger partial charge in [0, 0.05) is 23.2 Å². The first-order chi connectivity index (χ1) is 12.2. The second-order valence-electron chi connectivity index (χ2n) is 5.82. The number of anilines is 1. The lowest BCUT2D eigenvalue weighted by molar-refractivity contribution is 0.0551. The van der Waals surface area contributed by atoms with Gasteiger partial charge in [0.15, 0.2) is 7.29 Å². The summed E-state index contributed by atoms with van der Waals surface area (Å²) in [7, 11) is -2.88. The highest BCUT2D eigenvalue weighted by Gasteiger charge is 2.35. The number of nitrogens with one attached hydrogen (secondary N) is 1. The first-order valence-corrected chi connectivity index (χ1v) is 10.1. The fourth-order valence-corrected chi connectivity index (χ4v) is 3.98. The maximum atomic E-state index is 13.0. The van der Waals surface area contributed by atoms with E-state index in [9.17, 15) is 13.3 Å². The Kier molecular flexibility index (Phi) is 4.86. The normalized spacial score (nSPS) is 14.0. The Morgan fingerprint density at radius 2 is 1.81 bits per heavy atom. The van der Waals surface area contributed by atoms with Gasteiger partial charge < -0.3 is 9.61 Å². The summed E-state index contributed by atoms with van der Waals surface area (Å²) in [5.74, 6) is -0.995. The monoisotopic (exact) mass is 397 g/mol. The number of rotatable bonds is 5. The van der Waals surface area contributed by atoms with E-state index in [0.717, 1.165) is 11.3 Å². The zero-order valence-corrected chi connectivity index (χ0v) is 15.6. The molecule has 3 aromatic rings. The zero-order chi connectivity index (χ0) is 18.9. The molecule has 0 radical (unpaired) electrons. The highest BCUT2D eigenvalue weighted by molar-refractivity contribution is 7.72. The van der Waals surface area contributed by atoms with Crippen LogP contribution in [-0.4, -0.2) is 16.8 Å². The van der Waals surface area contributed by atoms with E-state index >= 15 is 0 Å². The summed E-state index contributed by atoms with van der Waals surface area (Å²) in [6.07, 6.45) is 0. The average molecular weight is 398 g/mol. The van der Waals surface area contributed by atoms with Gasteiger partial charge in [0.05, 0.1) is 0 Å². The highest BCUT2D eigenvalue weighted by Crippen LogP contribution is 2.41. The Morgan fingerprint density at radius 3 is 2.38 bits per heavy atom. The molecule has 1 heterocycles. The largest absolute Gasteiger partial charge is 0.400 e. The molecule has 0 amide bonds. The predicted octanol–water partition coefficient (Wildman–Crippen LogP) is 4.98. The third-order valence-electron chi connectivity index (χ3n) is 3.77. The molecular formula is C17H15ClF2N3O2P. The van der Waals surface area contributed by atoms with E-state index in [4.69, 9.17) is 11.6 Å². The van der Waals surface area contributed by atoms with Crippen molar-refractivity contribution in [2.24, 2.45) is 0 Å². The van der Waals surface area contributed by atoms with Crippen LogP contribution < -0.4 is 10.4 Å². The van der Waals surface area contributed by atoms with Gasteiger partial charge in [0.25, 0.3) is 0 Å². The summed E-state index contributed by atoms with van der Waals surface area (Å²) in [5.41, 5.74) is 2.21. The van der Waals surface area contributed by atoms with Crippen molar-refractivity contribution in [3.8, 4) is 11.4 Å². The summed E-state index contributed by atoms with van der Waals surface area (Å²) in [6, 6.07) is 14.0. The minimum absolute atomic E-state index is 0.0235. The van der Waals surface area contributed by atoms with E-state index in [1.54, 1.807) is 30.9 Å². The topological polar surface area (TPSA) is 68.0 Å². The van der Waals surface area contributed by atoms with Crippen LogP contribution in [0.3, 0.4) is 0 Å². The molecule has 136 valence electrons. The molecule has 3 rings (SSSR count). The number of benzene rings is 2. The molecule has 1 unspecified atom stereocenters. The molecule has 0 aliphatic carbocycles. The number of para-hydroxylation sites is 1. The van der Waals surface area contributed by atoms with Gasteiger partial charge in [0.1, 0.15) is 0 Å². The van der Waals surface area contributed by atoms with Crippen molar-refractivity contribution in [2.45, 2.75) is 12.3 Å². The van der Waals surface area contributed by atoms with Crippen LogP contribution >= 0.6 is 18.9 Å². The molecule has 0 aliphatic heterocycles. The predicted molar refractivity (Wildman–Crippen MR) is 97.4 cm³/mol. The molecule has 1 atom stereocenters. The van der Waals surface area contributed by atoms with Crippen molar-refractivity contribution in [2.75, 3.05) is 11.8 Å². The smallest absolute Gasteiger partial charge is 0.333 e. The first-order valence-electron chi connectivity index (χ1n) is 7.60. The van der Waals surface area contributed by atoms with Gasteiger partial charge in [-0.2, -0.15) is 13.8 Å². The van der Waals surface area contributed by atoms with Gasteiger partial charge in [-0.15, -0.1) is 0 Å².